The van der Waals surface area contributed by atoms with Crippen LogP contribution >= 0.6 is 11.8 Å². The Hall–Kier alpha value is -0.380. The maximum absolute atomic E-state index is 10.8. The zero-order chi connectivity index (χ0) is 9.19. The van der Waals surface area contributed by atoms with E-state index in [1.165, 1.54) is 0 Å². The van der Waals surface area contributed by atoms with Gasteiger partial charge in [-0.1, -0.05) is 6.92 Å². The van der Waals surface area contributed by atoms with Crippen molar-refractivity contribution in [1.82, 2.24) is 4.90 Å². The highest BCUT2D eigenvalue weighted by molar-refractivity contribution is 7.99. The van der Waals surface area contributed by atoms with E-state index in [0.717, 1.165) is 25.9 Å². The van der Waals surface area contributed by atoms with E-state index >= 15 is 0 Å². The standard InChI is InChI=1S/C8H16N2OS/c1-8(12-2)3-5-10(6-4-8)7(9)11/h3-6H2,1-2H3,(H2,9,11). The van der Waals surface area contributed by atoms with Crippen LogP contribution in [0, 0.1) is 0 Å². The summed E-state index contributed by atoms with van der Waals surface area (Å²) in [6.07, 6.45) is 4.23. The highest BCUT2D eigenvalue weighted by atomic mass is 32.2. The maximum Gasteiger partial charge on any atom is 0.314 e. The smallest absolute Gasteiger partial charge is 0.314 e. The van der Waals surface area contributed by atoms with E-state index < -0.39 is 0 Å². The molecule has 1 saturated heterocycles. The molecule has 0 aromatic heterocycles. The van der Waals surface area contributed by atoms with Crippen molar-refractivity contribution in [1.29, 1.82) is 0 Å². The van der Waals surface area contributed by atoms with Crippen LogP contribution in [-0.4, -0.2) is 35.0 Å². The molecule has 1 aliphatic rings. The summed E-state index contributed by atoms with van der Waals surface area (Å²) < 4.78 is 0.353. The molecule has 0 saturated carbocycles. The first-order valence-corrected chi connectivity index (χ1v) is 5.39. The van der Waals surface area contributed by atoms with Crippen LogP contribution in [0.4, 0.5) is 4.79 Å². The fraction of sp³-hybridized carbons (Fsp3) is 0.875. The average molecular weight is 188 g/mol. The number of thioether (sulfide) groups is 1. The lowest BCUT2D eigenvalue weighted by Crippen LogP contribution is -2.45. The third kappa shape index (κ3) is 2.06. The monoisotopic (exact) mass is 188 g/mol. The molecule has 12 heavy (non-hydrogen) atoms. The molecule has 0 spiro atoms. The van der Waals surface area contributed by atoms with Gasteiger partial charge in [0.2, 0.25) is 0 Å². The second-order valence-corrected chi connectivity index (χ2v) is 4.87. The fourth-order valence-corrected chi connectivity index (χ4v) is 2.00. The molecule has 1 fully saturated rings. The van der Waals surface area contributed by atoms with Crippen molar-refractivity contribution in [3.8, 4) is 0 Å². The lowest BCUT2D eigenvalue weighted by Gasteiger charge is -2.37. The number of primary amides is 1. The minimum Gasteiger partial charge on any atom is -0.351 e. The van der Waals surface area contributed by atoms with E-state index in [1.54, 1.807) is 4.90 Å². The molecule has 3 nitrogen and oxygen atoms in total. The Kier molecular flexibility index (Phi) is 2.88. The largest absolute Gasteiger partial charge is 0.351 e. The molecular formula is C8H16N2OS. The topological polar surface area (TPSA) is 46.3 Å². The minimum absolute atomic E-state index is 0.279. The summed E-state index contributed by atoms with van der Waals surface area (Å²) in [5.41, 5.74) is 5.18. The Bertz CT molecular complexity index is 176. The summed E-state index contributed by atoms with van der Waals surface area (Å²) in [5, 5.41) is 0. The van der Waals surface area contributed by atoms with Crippen molar-refractivity contribution in [2.45, 2.75) is 24.5 Å². The first-order chi connectivity index (χ1) is 5.57. The molecule has 0 aromatic rings. The number of hydrogen-bond acceptors (Lipinski definition) is 2. The van der Waals surface area contributed by atoms with E-state index in [0.29, 0.717) is 4.75 Å². The van der Waals surface area contributed by atoms with Crippen molar-refractivity contribution in [3.05, 3.63) is 0 Å². The van der Waals surface area contributed by atoms with E-state index in [-0.39, 0.29) is 6.03 Å². The number of hydrogen-bond donors (Lipinski definition) is 1. The Morgan fingerprint density at radius 1 is 1.50 bits per heavy atom. The molecule has 0 bridgehead atoms. The predicted molar refractivity (Wildman–Crippen MR) is 52.3 cm³/mol. The lowest BCUT2D eigenvalue weighted by atomic mass is 9.98. The van der Waals surface area contributed by atoms with E-state index in [4.69, 9.17) is 5.73 Å². The van der Waals surface area contributed by atoms with Crippen molar-refractivity contribution >= 4 is 17.8 Å². The number of nitrogens with zero attached hydrogens (tertiary/aromatic N) is 1. The number of carbonyl (C=O) groups excluding carboxylic acids is 1. The molecule has 1 heterocycles. The Morgan fingerprint density at radius 3 is 2.33 bits per heavy atom. The Labute approximate surface area is 77.7 Å². The van der Waals surface area contributed by atoms with Gasteiger partial charge in [0, 0.05) is 17.8 Å². The third-order valence-corrected chi connectivity index (χ3v) is 4.02. The van der Waals surface area contributed by atoms with Crippen molar-refractivity contribution < 1.29 is 4.79 Å². The average Bonchev–Trinajstić information content (AvgIpc) is 2.05. The molecule has 1 rings (SSSR count). The summed E-state index contributed by atoms with van der Waals surface area (Å²) in [6.45, 7) is 3.87. The van der Waals surface area contributed by atoms with Crippen LogP contribution in [0.15, 0.2) is 0 Å². The van der Waals surface area contributed by atoms with Gasteiger partial charge in [0.15, 0.2) is 0 Å². The third-order valence-electron chi connectivity index (χ3n) is 2.63. The van der Waals surface area contributed by atoms with Crippen LogP contribution in [-0.2, 0) is 0 Å². The molecule has 1 aliphatic heterocycles. The number of likely N-dealkylation sites (tertiary alicyclic amines) is 1. The van der Waals surface area contributed by atoms with Crippen LogP contribution < -0.4 is 5.73 Å². The summed E-state index contributed by atoms with van der Waals surface area (Å²) in [5.74, 6) is 0. The molecule has 70 valence electrons. The van der Waals surface area contributed by atoms with Gasteiger partial charge in [0.25, 0.3) is 0 Å². The van der Waals surface area contributed by atoms with Gasteiger partial charge in [0.1, 0.15) is 0 Å². The van der Waals surface area contributed by atoms with Crippen LogP contribution in [0.5, 0.6) is 0 Å². The van der Waals surface area contributed by atoms with Gasteiger partial charge < -0.3 is 10.6 Å². The van der Waals surface area contributed by atoms with Crippen LogP contribution in [0.2, 0.25) is 0 Å². The summed E-state index contributed by atoms with van der Waals surface area (Å²) in [7, 11) is 0. The van der Waals surface area contributed by atoms with Gasteiger partial charge in [-0.3, -0.25) is 0 Å². The van der Waals surface area contributed by atoms with E-state index in [9.17, 15) is 4.79 Å². The Morgan fingerprint density at radius 2 is 2.00 bits per heavy atom. The Balaban J connectivity index is 2.44. The number of urea groups is 1. The minimum atomic E-state index is -0.279. The van der Waals surface area contributed by atoms with Gasteiger partial charge in [-0.05, 0) is 19.1 Å². The molecule has 0 atom stereocenters. The molecular weight excluding hydrogens is 172 g/mol. The highest BCUT2D eigenvalue weighted by Gasteiger charge is 2.29. The van der Waals surface area contributed by atoms with E-state index in [2.05, 4.69) is 13.2 Å². The second-order valence-electron chi connectivity index (χ2n) is 3.48. The van der Waals surface area contributed by atoms with E-state index in [1.807, 2.05) is 11.8 Å². The molecule has 2 amide bonds. The van der Waals surface area contributed by atoms with Gasteiger partial charge in [-0.2, -0.15) is 11.8 Å². The molecule has 2 N–H and O–H groups in total. The van der Waals surface area contributed by atoms with Crippen molar-refractivity contribution in [2.75, 3.05) is 19.3 Å². The quantitative estimate of drug-likeness (QED) is 0.674. The van der Waals surface area contributed by atoms with Crippen molar-refractivity contribution in [2.24, 2.45) is 5.73 Å². The second kappa shape index (κ2) is 3.56. The number of piperidine rings is 1. The molecule has 0 unspecified atom stereocenters. The number of carbonyl (C=O) groups is 1. The highest BCUT2D eigenvalue weighted by Crippen LogP contribution is 2.33. The fourth-order valence-electron chi connectivity index (χ4n) is 1.40. The number of amides is 2. The van der Waals surface area contributed by atoms with Gasteiger partial charge >= 0.3 is 6.03 Å². The molecule has 0 radical (unpaired) electrons. The number of rotatable bonds is 1. The van der Waals surface area contributed by atoms with Gasteiger partial charge in [-0.15, -0.1) is 0 Å². The summed E-state index contributed by atoms with van der Waals surface area (Å²) >= 11 is 1.88. The maximum atomic E-state index is 10.8. The van der Waals surface area contributed by atoms with Gasteiger partial charge in [-0.25, -0.2) is 4.79 Å². The first-order valence-electron chi connectivity index (χ1n) is 4.17. The van der Waals surface area contributed by atoms with Crippen molar-refractivity contribution in [3.63, 3.8) is 0 Å². The van der Waals surface area contributed by atoms with Crippen LogP contribution in [0.3, 0.4) is 0 Å². The molecule has 4 heteroatoms. The zero-order valence-corrected chi connectivity index (χ0v) is 8.49. The van der Waals surface area contributed by atoms with Gasteiger partial charge in [0.05, 0.1) is 0 Å². The van der Waals surface area contributed by atoms with Crippen LogP contribution in [0.1, 0.15) is 19.8 Å². The zero-order valence-electron chi connectivity index (χ0n) is 7.67. The normalized spacial score (nSPS) is 22.3. The summed E-state index contributed by atoms with van der Waals surface area (Å²) in [4.78, 5) is 12.5. The number of nitrogens with two attached hydrogens (primary N) is 1. The first kappa shape index (κ1) is 9.71. The summed E-state index contributed by atoms with van der Waals surface area (Å²) in [6, 6.07) is -0.279. The predicted octanol–water partition coefficient (Wildman–Crippen LogP) is 1.28. The molecule has 0 aromatic carbocycles. The SMILES string of the molecule is CSC1(C)CCN(C(N)=O)CC1. The molecule has 0 aliphatic carbocycles. The lowest BCUT2D eigenvalue weighted by molar-refractivity contribution is 0.188. The van der Waals surface area contributed by atoms with Crippen LogP contribution in [0.25, 0.3) is 0 Å².